The maximum absolute atomic E-state index is 5.73. The summed E-state index contributed by atoms with van der Waals surface area (Å²) in [7, 11) is 0. The van der Waals surface area contributed by atoms with Crippen LogP contribution in [0.1, 0.15) is 64.7 Å². The van der Waals surface area contributed by atoms with E-state index in [-0.39, 0.29) is 0 Å². The van der Waals surface area contributed by atoms with Crippen molar-refractivity contribution in [1.29, 1.82) is 0 Å². The Balaban J connectivity index is 1.64. The van der Waals surface area contributed by atoms with Crippen LogP contribution in [0.2, 0.25) is 0 Å². The molecule has 1 heteroatoms. The highest BCUT2D eigenvalue weighted by Gasteiger charge is 2.25. The van der Waals surface area contributed by atoms with Crippen molar-refractivity contribution in [2.24, 2.45) is 17.8 Å². The molecule has 2 aliphatic rings. The molecule has 0 amide bonds. The van der Waals surface area contributed by atoms with Crippen LogP contribution in [0.25, 0.3) is 0 Å². The van der Waals surface area contributed by atoms with E-state index in [0.29, 0.717) is 6.10 Å². The lowest BCUT2D eigenvalue weighted by Crippen LogP contribution is -2.24. The second-order valence-corrected chi connectivity index (χ2v) is 6.22. The Morgan fingerprint density at radius 3 is 1.94 bits per heavy atom. The molecule has 0 heterocycles. The Morgan fingerprint density at radius 1 is 0.882 bits per heavy atom. The van der Waals surface area contributed by atoms with E-state index in [4.69, 9.17) is 4.74 Å². The second kappa shape index (κ2) is 6.78. The van der Waals surface area contributed by atoms with E-state index >= 15 is 0 Å². The van der Waals surface area contributed by atoms with Gasteiger partial charge in [0.2, 0.25) is 0 Å². The molecule has 0 unspecified atom stereocenters. The van der Waals surface area contributed by atoms with Crippen LogP contribution in [0.3, 0.4) is 0 Å². The van der Waals surface area contributed by atoms with E-state index in [0.717, 1.165) is 24.4 Å². The van der Waals surface area contributed by atoms with Gasteiger partial charge in [-0.1, -0.05) is 32.6 Å². The first-order valence-electron chi connectivity index (χ1n) is 7.72. The Labute approximate surface area is 107 Å². The maximum Gasteiger partial charge on any atom is 0.0575 e. The first-order chi connectivity index (χ1) is 8.28. The minimum absolute atomic E-state index is 0.576. The van der Waals surface area contributed by atoms with Gasteiger partial charge in [-0.3, -0.25) is 0 Å². The largest absolute Gasteiger partial charge is 0.379 e. The van der Waals surface area contributed by atoms with Gasteiger partial charge in [0, 0.05) is 6.61 Å². The summed E-state index contributed by atoms with van der Waals surface area (Å²) >= 11 is 0. The highest BCUT2D eigenvalue weighted by Crippen LogP contribution is 2.37. The summed E-state index contributed by atoms with van der Waals surface area (Å²) < 4.78 is 5.73. The molecule has 17 heavy (non-hydrogen) atoms. The minimum Gasteiger partial charge on any atom is -0.379 e. The highest BCUT2D eigenvalue weighted by molar-refractivity contribution is 4.79. The summed E-state index contributed by atoms with van der Waals surface area (Å²) in [6, 6.07) is 0. The van der Waals surface area contributed by atoms with E-state index in [9.17, 15) is 0 Å². The fourth-order valence-corrected chi connectivity index (χ4v) is 3.71. The van der Waals surface area contributed by atoms with E-state index in [1.165, 1.54) is 57.8 Å². The van der Waals surface area contributed by atoms with Gasteiger partial charge < -0.3 is 4.74 Å². The topological polar surface area (TPSA) is 9.23 Å². The third-order valence-electron chi connectivity index (χ3n) is 4.83. The molecule has 2 saturated carbocycles. The molecular formula is C16H29O. The number of hydrogen-bond donors (Lipinski definition) is 0. The molecule has 2 aliphatic carbocycles. The standard InChI is InChI=1S/C16H29O/c1-3-17-16-10-8-15(9-11-16)12-14-6-4-13(2)5-7-14/h13-16H,2-12H2,1H3. The molecule has 2 fully saturated rings. The number of hydrogen-bond acceptors (Lipinski definition) is 1. The normalized spacial score (nSPS) is 39.2. The molecule has 0 atom stereocenters. The van der Waals surface area contributed by atoms with Crippen molar-refractivity contribution in [3.8, 4) is 0 Å². The summed E-state index contributed by atoms with van der Waals surface area (Å²) in [5, 5.41) is 0. The molecule has 99 valence electrons. The summed E-state index contributed by atoms with van der Waals surface area (Å²) in [6.07, 6.45) is 13.1. The van der Waals surface area contributed by atoms with Crippen LogP contribution in [0, 0.1) is 24.7 Å². The van der Waals surface area contributed by atoms with Gasteiger partial charge in [-0.05, 0) is 56.8 Å². The third-order valence-corrected chi connectivity index (χ3v) is 4.83. The van der Waals surface area contributed by atoms with E-state index in [1.807, 2.05) is 0 Å². The van der Waals surface area contributed by atoms with Crippen molar-refractivity contribution < 1.29 is 4.74 Å². The van der Waals surface area contributed by atoms with E-state index in [2.05, 4.69) is 13.8 Å². The molecule has 0 saturated heterocycles. The van der Waals surface area contributed by atoms with Crippen molar-refractivity contribution in [3.05, 3.63) is 6.92 Å². The molecule has 0 spiro atoms. The summed E-state index contributed by atoms with van der Waals surface area (Å²) in [5.74, 6) is 2.76. The zero-order chi connectivity index (χ0) is 12.1. The molecular weight excluding hydrogens is 208 g/mol. The Morgan fingerprint density at radius 2 is 1.41 bits per heavy atom. The molecule has 0 bridgehead atoms. The Hall–Kier alpha value is -0.0400. The third kappa shape index (κ3) is 4.28. The van der Waals surface area contributed by atoms with Crippen molar-refractivity contribution in [1.82, 2.24) is 0 Å². The van der Waals surface area contributed by atoms with Gasteiger partial charge >= 0.3 is 0 Å². The van der Waals surface area contributed by atoms with Crippen molar-refractivity contribution in [2.75, 3.05) is 6.61 Å². The molecule has 0 aromatic heterocycles. The fraction of sp³-hybridized carbons (Fsp3) is 0.938. The zero-order valence-corrected chi connectivity index (χ0v) is 11.5. The lowest BCUT2D eigenvalue weighted by molar-refractivity contribution is 0.0219. The maximum atomic E-state index is 5.73. The molecule has 2 rings (SSSR count). The molecule has 1 radical (unpaired) electrons. The van der Waals surface area contributed by atoms with Crippen molar-refractivity contribution in [2.45, 2.75) is 70.8 Å². The van der Waals surface area contributed by atoms with Gasteiger partial charge in [0.05, 0.1) is 6.10 Å². The lowest BCUT2D eigenvalue weighted by Gasteiger charge is -2.33. The van der Waals surface area contributed by atoms with Gasteiger partial charge in [0.25, 0.3) is 0 Å². The predicted molar refractivity (Wildman–Crippen MR) is 72.8 cm³/mol. The first-order valence-corrected chi connectivity index (χ1v) is 7.72. The predicted octanol–water partition coefficient (Wildman–Crippen LogP) is 4.61. The quantitative estimate of drug-likeness (QED) is 0.693. The van der Waals surface area contributed by atoms with Crippen LogP contribution >= 0.6 is 0 Å². The van der Waals surface area contributed by atoms with Crippen LogP contribution < -0.4 is 0 Å². The number of ether oxygens (including phenoxy) is 1. The monoisotopic (exact) mass is 237 g/mol. The van der Waals surface area contributed by atoms with Crippen LogP contribution in [-0.4, -0.2) is 12.7 Å². The van der Waals surface area contributed by atoms with E-state index < -0.39 is 0 Å². The Bertz CT molecular complexity index is 198. The van der Waals surface area contributed by atoms with Crippen molar-refractivity contribution >= 4 is 0 Å². The molecule has 0 aliphatic heterocycles. The van der Waals surface area contributed by atoms with Gasteiger partial charge in [-0.15, -0.1) is 0 Å². The van der Waals surface area contributed by atoms with Gasteiger partial charge in [-0.2, -0.15) is 0 Å². The second-order valence-electron chi connectivity index (χ2n) is 6.22. The summed E-state index contributed by atoms with van der Waals surface area (Å²) in [5.41, 5.74) is 0. The highest BCUT2D eigenvalue weighted by atomic mass is 16.5. The van der Waals surface area contributed by atoms with Gasteiger partial charge in [-0.25, -0.2) is 0 Å². The SMILES string of the molecule is [CH2]C1CCC(CC2CCC(OCC)CC2)CC1. The average Bonchev–Trinajstić information content (AvgIpc) is 2.35. The fourth-order valence-electron chi connectivity index (χ4n) is 3.71. The molecule has 1 nitrogen and oxygen atoms in total. The van der Waals surface area contributed by atoms with Crippen LogP contribution in [0.15, 0.2) is 0 Å². The lowest BCUT2D eigenvalue weighted by atomic mass is 9.75. The van der Waals surface area contributed by atoms with Crippen molar-refractivity contribution in [3.63, 3.8) is 0 Å². The van der Waals surface area contributed by atoms with Crippen LogP contribution in [-0.2, 0) is 4.74 Å². The zero-order valence-electron chi connectivity index (χ0n) is 11.5. The minimum atomic E-state index is 0.576. The van der Waals surface area contributed by atoms with Crippen LogP contribution in [0.4, 0.5) is 0 Å². The smallest absolute Gasteiger partial charge is 0.0575 e. The summed E-state index contributed by atoms with van der Waals surface area (Å²) in [4.78, 5) is 0. The van der Waals surface area contributed by atoms with E-state index in [1.54, 1.807) is 0 Å². The number of rotatable bonds is 4. The molecule has 0 aromatic carbocycles. The van der Waals surface area contributed by atoms with Gasteiger partial charge in [0.1, 0.15) is 0 Å². The average molecular weight is 237 g/mol. The summed E-state index contributed by atoms with van der Waals surface area (Å²) in [6.45, 7) is 7.20. The molecule has 0 N–H and O–H groups in total. The molecule has 0 aromatic rings. The Kier molecular flexibility index (Phi) is 5.34. The van der Waals surface area contributed by atoms with Gasteiger partial charge in [0.15, 0.2) is 0 Å². The van der Waals surface area contributed by atoms with Crippen LogP contribution in [0.5, 0.6) is 0 Å². The first kappa shape index (κ1) is 13.4.